The van der Waals surface area contributed by atoms with Crippen molar-refractivity contribution < 1.29 is 9.31 Å². The van der Waals surface area contributed by atoms with E-state index >= 15 is 0 Å². The third-order valence-corrected chi connectivity index (χ3v) is 2.50. The van der Waals surface area contributed by atoms with Gasteiger partial charge < -0.3 is 5.32 Å². The first-order chi connectivity index (χ1) is 8.70. The zero-order chi connectivity index (χ0) is 13.0. The Labute approximate surface area is 103 Å². The second kappa shape index (κ2) is 5.39. The number of nitro benzene ring substituents is 1. The summed E-state index contributed by atoms with van der Waals surface area (Å²) in [5.74, 6) is 0.643. The molecule has 6 heteroatoms. The van der Waals surface area contributed by atoms with Crippen LogP contribution >= 0.6 is 0 Å². The van der Waals surface area contributed by atoms with Gasteiger partial charge in [-0.1, -0.05) is 0 Å². The van der Waals surface area contributed by atoms with Crippen LogP contribution in [0.5, 0.6) is 0 Å². The van der Waals surface area contributed by atoms with E-state index < -0.39 is 4.92 Å². The van der Waals surface area contributed by atoms with Gasteiger partial charge in [-0.25, -0.2) is 4.98 Å². The number of hydrogen-bond donors (Lipinski definition) is 1. The molecule has 2 aromatic rings. The number of rotatable bonds is 5. The molecule has 0 aliphatic rings. The highest BCUT2D eigenvalue weighted by Gasteiger charge is 2.06. The van der Waals surface area contributed by atoms with E-state index in [-0.39, 0.29) is 12.4 Å². The molecule has 0 saturated carbocycles. The number of benzene rings is 1. The number of non-ortho nitro benzene ring substituents is 1. The molecule has 0 unspecified atom stereocenters. The van der Waals surface area contributed by atoms with Gasteiger partial charge in [0.05, 0.1) is 17.1 Å². The summed E-state index contributed by atoms with van der Waals surface area (Å²) in [5, 5.41) is 14.3. The Morgan fingerprint density at radius 2 is 2.17 bits per heavy atom. The topological polar surface area (TPSA) is 68.1 Å². The summed E-state index contributed by atoms with van der Waals surface area (Å²) >= 11 is 0. The molecule has 0 fully saturated rings. The standard InChI is InChI=1S/C12H12FN3O2/c13-6-1-7-14-12-5-2-9-8-10(16(17)18)3-4-11(9)15-12/h2-5,8H,1,6-7H2,(H,14,15). The van der Waals surface area contributed by atoms with Crippen molar-refractivity contribution in [3.05, 3.63) is 40.4 Å². The Balaban J connectivity index is 2.24. The molecular weight excluding hydrogens is 237 g/mol. The van der Waals surface area contributed by atoms with E-state index in [9.17, 15) is 14.5 Å². The fourth-order valence-electron chi connectivity index (χ4n) is 1.61. The van der Waals surface area contributed by atoms with Crippen molar-refractivity contribution in [1.29, 1.82) is 0 Å². The quantitative estimate of drug-likeness (QED) is 0.502. The number of aromatic nitrogens is 1. The van der Waals surface area contributed by atoms with Gasteiger partial charge in [-0.15, -0.1) is 0 Å². The summed E-state index contributed by atoms with van der Waals surface area (Å²) in [4.78, 5) is 14.5. The average molecular weight is 249 g/mol. The van der Waals surface area contributed by atoms with E-state index in [2.05, 4.69) is 10.3 Å². The van der Waals surface area contributed by atoms with Gasteiger partial charge in [-0.05, 0) is 24.6 Å². The minimum atomic E-state index is -0.438. The number of hydrogen-bond acceptors (Lipinski definition) is 4. The molecule has 1 aromatic heterocycles. The second-order valence-electron chi connectivity index (χ2n) is 3.80. The molecule has 0 aliphatic heterocycles. The highest BCUT2D eigenvalue weighted by atomic mass is 19.1. The van der Waals surface area contributed by atoms with E-state index in [1.807, 2.05) is 0 Å². The highest BCUT2D eigenvalue weighted by molar-refractivity contribution is 5.82. The summed E-state index contributed by atoms with van der Waals surface area (Å²) in [6.07, 6.45) is 0.431. The lowest BCUT2D eigenvalue weighted by molar-refractivity contribution is -0.384. The van der Waals surface area contributed by atoms with Crippen molar-refractivity contribution >= 4 is 22.4 Å². The molecule has 5 nitrogen and oxygen atoms in total. The fraction of sp³-hybridized carbons (Fsp3) is 0.250. The Bertz CT molecular complexity index is 574. The summed E-state index contributed by atoms with van der Waals surface area (Å²) in [7, 11) is 0. The molecule has 0 amide bonds. The van der Waals surface area contributed by atoms with E-state index in [0.29, 0.717) is 29.7 Å². The molecule has 0 bridgehead atoms. The van der Waals surface area contributed by atoms with Crippen molar-refractivity contribution in [3.63, 3.8) is 0 Å². The Morgan fingerprint density at radius 1 is 1.33 bits per heavy atom. The van der Waals surface area contributed by atoms with Gasteiger partial charge >= 0.3 is 0 Å². The van der Waals surface area contributed by atoms with Gasteiger partial charge in [0, 0.05) is 24.1 Å². The summed E-state index contributed by atoms with van der Waals surface area (Å²) < 4.78 is 11.9. The van der Waals surface area contributed by atoms with Crippen LogP contribution in [0.4, 0.5) is 15.9 Å². The molecule has 94 valence electrons. The van der Waals surface area contributed by atoms with Crippen molar-refractivity contribution in [1.82, 2.24) is 4.98 Å². The minimum Gasteiger partial charge on any atom is -0.370 e. The SMILES string of the molecule is O=[N+]([O-])c1ccc2nc(NCCCF)ccc2c1. The molecule has 1 aromatic carbocycles. The number of halogens is 1. The molecule has 0 atom stereocenters. The maximum Gasteiger partial charge on any atom is 0.270 e. The molecule has 2 rings (SSSR count). The zero-order valence-electron chi connectivity index (χ0n) is 9.60. The number of nitrogens with zero attached hydrogens (tertiary/aromatic N) is 2. The van der Waals surface area contributed by atoms with Crippen LogP contribution in [0.15, 0.2) is 30.3 Å². The van der Waals surface area contributed by atoms with E-state index in [4.69, 9.17) is 0 Å². The first-order valence-corrected chi connectivity index (χ1v) is 5.56. The average Bonchev–Trinajstić information content (AvgIpc) is 2.38. The summed E-state index contributed by atoms with van der Waals surface area (Å²) in [6.45, 7) is 0.148. The van der Waals surface area contributed by atoms with E-state index in [1.165, 1.54) is 12.1 Å². The maximum atomic E-state index is 11.9. The van der Waals surface area contributed by atoms with Crippen LogP contribution in [0.2, 0.25) is 0 Å². The van der Waals surface area contributed by atoms with Gasteiger partial charge in [0.2, 0.25) is 0 Å². The molecule has 1 N–H and O–H groups in total. The maximum absolute atomic E-state index is 11.9. The van der Waals surface area contributed by atoms with Crippen molar-refractivity contribution in [2.45, 2.75) is 6.42 Å². The van der Waals surface area contributed by atoms with E-state index in [1.54, 1.807) is 18.2 Å². The van der Waals surface area contributed by atoms with Crippen molar-refractivity contribution in [3.8, 4) is 0 Å². The lowest BCUT2D eigenvalue weighted by Gasteiger charge is -2.05. The van der Waals surface area contributed by atoms with Crippen LogP contribution < -0.4 is 5.32 Å². The predicted molar refractivity (Wildman–Crippen MR) is 67.5 cm³/mol. The lowest BCUT2D eigenvalue weighted by Crippen LogP contribution is -2.03. The highest BCUT2D eigenvalue weighted by Crippen LogP contribution is 2.20. The van der Waals surface area contributed by atoms with Crippen molar-refractivity contribution in [2.75, 3.05) is 18.5 Å². The smallest absolute Gasteiger partial charge is 0.270 e. The van der Waals surface area contributed by atoms with Crippen LogP contribution in [0.1, 0.15) is 6.42 Å². The van der Waals surface area contributed by atoms with Crippen LogP contribution in [0, 0.1) is 10.1 Å². The summed E-state index contributed by atoms with van der Waals surface area (Å²) in [5.41, 5.74) is 0.716. The largest absolute Gasteiger partial charge is 0.370 e. The molecular formula is C12H12FN3O2. The molecule has 18 heavy (non-hydrogen) atoms. The molecule has 0 saturated heterocycles. The van der Waals surface area contributed by atoms with Crippen molar-refractivity contribution in [2.24, 2.45) is 0 Å². The first kappa shape index (κ1) is 12.2. The van der Waals surface area contributed by atoms with Gasteiger partial charge in [0.1, 0.15) is 5.82 Å². The third kappa shape index (κ3) is 2.71. The Hall–Kier alpha value is -2.24. The molecule has 0 radical (unpaired) electrons. The number of nitrogens with one attached hydrogen (secondary N) is 1. The normalized spacial score (nSPS) is 10.5. The minimum absolute atomic E-state index is 0.0439. The van der Waals surface area contributed by atoms with Crippen LogP contribution in [-0.2, 0) is 0 Å². The predicted octanol–water partition coefficient (Wildman–Crippen LogP) is 2.91. The van der Waals surface area contributed by atoms with Crippen LogP contribution in [0.25, 0.3) is 10.9 Å². The number of pyridine rings is 1. The molecule has 1 heterocycles. The lowest BCUT2D eigenvalue weighted by atomic mass is 10.2. The molecule has 0 spiro atoms. The number of anilines is 1. The van der Waals surface area contributed by atoms with Crippen LogP contribution in [-0.4, -0.2) is 23.1 Å². The van der Waals surface area contributed by atoms with Crippen LogP contribution in [0.3, 0.4) is 0 Å². The van der Waals surface area contributed by atoms with Gasteiger partial charge in [-0.2, -0.15) is 0 Å². The monoisotopic (exact) mass is 249 g/mol. The zero-order valence-corrected chi connectivity index (χ0v) is 9.60. The number of fused-ring (bicyclic) bond motifs is 1. The fourth-order valence-corrected chi connectivity index (χ4v) is 1.61. The Morgan fingerprint density at radius 3 is 2.89 bits per heavy atom. The Kier molecular flexibility index (Phi) is 3.66. The van der Waals surface area contributed by atoms with Gasteiger partial charge in [0.15, 0.2) is 0 Å². The second-order valence-corrected chi connectivity index (χ2v) is 3.80. The summed E-state index contributed by atoms with van der Waals surface area (Å²) in [6, 6.07) is 7.99. The van der Waals surface area contributed by atoms with E-state index in [0.717, 1.165) is 0 Å². The number of alkyl halides is 1. The number of nitro groups is 1. The third-order valence-electron chi connectivity index (χ3n) is 2.50. The van der Waals surface area contributed by atoms with Gasteiger partial charge in [0.25, 0.3) is 5.69 Å². The van der Waals surface area contributed by atoms with Gasteiger partial charge in [-0.3, -0.25) is 14.5 Å². The molecule has 0 aliphatic carbocycles. The first-order valence-electron chi connectivity index (χ1n) is 5.56.